The molecule has 0 heterocycles. The molecule has 0 bridgehead atoms. The topological polar surface area (TPSA) is 20.2 Å². The predicted octanol–water partition coefficient (Wildman–Crippen LogP) is 2.63. The average Bonchev–Trinajstić information content (AvgIpc) is 2.97. The third-order valence-corrected chi connectivity index (χ3v) is 3.78. The first-order chi connectivity index (χ1) is 6.80. The van der Waals surface area contributed by atoms with E-state index in [4.69, 9.17) is 0 Å². The van der Waals surface area contributed by atoms with Gasteiger partial charge in [-0.3, -0.25) is 0 Å². The summed E-state index contributed by atoms with van der Waals surface area (Å²) in [4.78, 5) is 0. The van der Waals surface area contributed by atoms with Crippen molar-refractivity contribution >= 4 is 0 Å². The first kappa shape index (κ1) is 8.49. The number of aryl methyl sites for hydroxylation is 1. The molecule has 1 fully saturated rings. The van der Waals surface area contributed by atoms with Crippen LogP contribution in [-0.4, -0.2) is 10.7 Å². The molecule has 0 saturated heterocycles. The van der Waals surface area contributed by atoms with Crippen molar-refractivity contribution in [2.24, 2.45) is 0 Å². The zero-order valence-electron chi connectivity index (χ0n) is 8.37. The van der Waals surface area contributed by atoms with E-state index in [1.54, 1.807) is 0 Å². The van der Waals surface area contributed by atoms with E-state index < -0.39 is 0 Å². The Morgan fingerprint density at radius 2 is 2.00 bits per heavy atom. The monoisotopic (exact) mass is 188 g/mol. The van der Waals surface area contributed by atoms with E-state index in [0.717, 1.165) is 12.8 Å². The first-order valence-electron chi connectivity index (χ1n) is 5.60. The molecule has 14 heavy (non-hydrogen) atoms. The van der Waals surface area contributed by atoms with Crippen molar-refractivity contribution < 1.29 is 5.11 Å². The summed E-state index contributed by atoms with van der Waals surface area (Å²) in [5.41, 5.74) is 2.54. The number of aliphatic hydroxyl groups is 1. The summed E-state index contributed by atoms with van der Waals surface area (Å²) in [5, 5.41) is 10.2. The quantitative estimate of drug-likeness (QED) is 0.718. The van der Waals surface area contributed by atoms with Crippen LogP contribution < -0.4 is 0 Å². The Bertz CT molecular complexity index is 352. The molecule has 3 rings (SSSR count). The van der Waals surface area contributed by atoms with Crippen LogP contribution in [0.1, 0.15) is 42.7 Å². The van der Waals surface area contributed by atoms with Gasteiger partial charge in [0, 0.05) is 5.92 Å². The first-order valence-corrected chi connectivity index (χ1v) is 5.60. The zero-order valence-corrected chi connectivity index (χ0v) is 8.37. The number of hydrogen-bond donors (Lipinski definition) is 1. The van der Waals surface area contributed by atoms with Gasteiger partial charge in [0.2, 0.25) is 0 Å². The maximum Gasteiger partial charge on any atom is 0.0718 e. The molecule has 1 aromatic carbocycles. The van der Waals surface area contributed by atoms with Gasteiger partial charge in [0.25, 0.3) is 0 Å². The number of benzene rings is 1. The van der Waals surface area contributed by atoms with Gasteiger partial charge in [-0.15, -0.1) is 0 Å². The van der Waals surface area contributed by atoms with Crippen LogP contribution in [0.25, 0.3) is 0 Å². The summed E-state index contributed by atoms with van der Waals surface area (Å²) < 4.78 is 0. The minimum Gasteiger partial charge on any atom is -0.389 e. The highest BCUT2D eigenvalue weighted by Gasteiger charge is 2.48. The van der Waals surface area contributed by atoms with E-state index in [1.165, 1.54) is 30.4 Å². The van der Waals surface area contributed by atoms with Crippen LogP contribution in [0.2, 0.25) is 0 Å². The van der Waals surface area contributed by atoms with Gasteiger partial charge in [-0.1, -0.05) is 24.3 Å². The van der Waals surface area contributed by atoms with Crippen molar-refractivity contribution in [1.82, 2.24) is 0 Å². The Labute approximate surface area is 84.8 Å². The maximum absolute atomic E-state index is 10.2. The standard InChI is InChI=1S/C13H16O/c14-13(8-9-13)12-7-3-5-10-4-1-2-6-11(10)12/h1-2,4,6,12,14H,3,5,7-9H2. The number of rotatable bonds is 1. The van der Waals surface area contributed by atoms with E-state index in [2.05, 4.69) is 24.3 Å². The molecule has 1 N–H and O–H groups in total. The predicted molar refractivity (Wildman–Crippen MR) is 56.3 cm³/mol. The SMILES string of the molecule is OC1(C2CCCc3ccccc32)CC1. The fraction of sp³-hybridized carbons (Fsp3) is 0.538. The van der Waals surface area contributed by atoms with Gasteiger partial charge in [0.05, 0.1) is 5.60 Å². The molecule has 74 valence electrons. The lowest BCUT2D eigenvalue weighted by molar-refractivity contribution is 0.109. The van der Waals surface area contributed by atoms with E-state index in [9.17, 15) is 5.11 Å². The van der Waals surface area contributed by atoms with Crippen LogP contribution in [0, 0.1) is 0 Å². The molecule has 1 saturated carbocycles. The molecule has 0 aliphatic heterocycles. The normalized spacial score (nSPS) is 28.2. The van der Waals surface area contributed by atoms with Crippen LogP contribution >= 0.6 is 0 Å². The van der Waals surface area contributed by atoms with Crippen molar-refractivity contribution in [1.29, 1.82) is 0 Å². The van der Waals surface area contributed by atoms with Crippen LogP contribution in [0.15, 0.2) is 24.3 Å². The Morgan fingerprint density at radius 1 is 1.21 bits per heavy atom. The molecule has 1 nitrogen and oxygen atoms in total. The second kappa shape index (κ2) is 2.83. The van der Waals surface area contributed by atoms with Gasteiger partial charge >= 0.3 is 0 Å². The van der Waals surface area contributed by atoms with E-state index in [-0.39, 0.29) is 5.60 Å². The smallest absolute Gasteiger partial charge is 0.0718 e. The molecule has 1 unspecified atom stereocenters. The highest BCUT2D eigenvalue weighted by atomic mass is 16.3. The van der Waals surface area contributed by atoms with E-state index >= 15 is 0 Å². The summed E-state index contributed by atoms with van der Waals surface area (Å²) in [5.74, 6) is 0.424. The van der Waals surface area contributed by atoms with E-state index in [1.807, 2.05) is 0 Å². The Kier molecular flexibility index (Phi) is 1.72. The van der Waals surface area contributed by atoms with Crippen molar-refractivity contribution in [2.45, 2.75) is 43.6 Å². The number of fused-ring (bicyclic) bond motifs is 1. The van der Waals surface area contributed by atoms with Crippen molar-refractivity contribution in [3.05, 3.63) is 35.4 Å². The summed E-state index contributed by atoms with van der Waals surface area (Å²) >= 11 is 0. The van der Waals surface area contributed by atoms with Crippen LogP contribution in [-0.2, 0) is 6.42 Å². The maximum atomic E-state index is 10.2. The van der Waals surface area contributed by atoms with Crippen molar-refractivity contribution in [3.63, 3.8) is 0 Å². The largest absolute Gasteiger partial charge is 0.389 e. The van der Waals surface area contributed by atoms with Gasteiger partial charge in [0.15, 0.2) is 0 Å². The second-order valence-corrected chi connectivity index (χ2v) is 4.75. The van der Waals surface area contributed by atoms with Gasteiger partial charge in [-0.2, -0.15) is 0 Å². The molecular formula is C13H16O. The summed E-state index contributed by atoms with van der Waals surface area (Å²) in [6, 6.07) is 8.63. The number of hydrogen-bond acceptors (Lipinski definition) is 1. The van der Waals surface area contributed by atoms with Gasteiger partial charge in [-0.05, 0) is 43.2 Å². The fourth-order valence-electron chi connectivity index (χ4n) is 2.79. The lowest BCUT2D eigenvalue weighted by Gasteiger charge is -2.29. The average molecular weight is 188 g/mol. The molecule has 0 amide bonds. The molecule has 1 atom stereocenters. The third kappa shape index (κ3) is 1.19. The summed E-state index contributed by atoms with van der Waals surface area (Å²) in [6.45, 7) is 0. The minimum absolute atomic E-state index is 0.337. The molecule has 0 aromatic heterocycles. The Morgan fingerprint density at radius 3 is 2.79 bits per heavy atom. The highest BCUT2D eigenvalue weighted by molar-refractivity contribution is 5.36. The zero-order chi connectivity index (χ0) is 9.60. The minimum atomic E-state index is -0.337. The van der Waals surface area contributed by atoms with Crippen LogP contribution in [0.3, 0.4) is 0 Å². The Balaban J connectivity index is 2.02. The molecule has 1 aromatic rings. The van der Waals surface area contributed by atoms with Crippen LogP contribution in [0.4, 0.5) is 0 Å². The van der Waals surface area contributed by atoms with Crippen molar-refractivity contribution in [3.8, 4) is 0 Å². The molecule has 2 aliphatic carbocycles. The molecule has 0 radical (unpaired) electrons. The Hall–Kier alpha value is -0.820. The van der Waals surface area contributed by atoms with E-state index in [0.29, 0.717) is 5.92 Å². The summed E-state index contributed by atoms with van der Waals surface area (Å²) in [7, 11) is 0. The molecule has 1 heteroatoms. The molecule has 0 spiro atoms. The third-order valence-electron chi connectivity index (χ3n) is 3.78. The lowest BCUT2D eigenvalue weighted by Crippen LogP contribution is -2.24. The summed E-state index contributed by atoms with van der Waals surface area (Å²) in [6.07, 6.45) is 5.62. The lowest BCUT2D eigenvalue weighted by atomic mass is 9.78. The van der Waals surface area contributed by atoms with Gasteiger partial charge in [-0.25, -0.2) is 0 Å². The second-order valence-electron chi connectivity index (χ2n) is 4.75. The van der Waals surface area contributed by atoms with Crippen molar-refractivity contribution in [2.75, 3.05) is 0 Å². The molecule has 2 aliphatic rings. The highest BCUT2D eigenvalue weighted by Crippen LogP contribution is 2.51. The fourth-order valence-corrected chi connectivity index (χ4v) is 2.79. The van der Waals surface area contributed by atoms with Gasteiger partial charge < -0.3 is 5.11 Å². The molecular weight excluding hydrogens is 172 g/mol. The van der Waals surface area contributed by atoms with Gasteiger partial charge in [0.1, 0.15) is 0 Å². The van der Waals surface area contributed by atoms with Crippen LogP contribution in [0.5, 0.6) is 0 Å².